The van der Waals surface area contributed by atoms with E-state index in [0.717, 1.165) is 26.4 Å². The Hall–Kier alpha value is -1.04. The molecule has 0 aliphatic rings. The van der Waals surface area contributed by atoms with E-state index in [1.54, 1.807) is 14.2 Å². The molecular formula is C14H15BrO3S. The average molecular weight is 343 g/mol. The molecule has 1 unspecified atom stereocenters. The first kappa shape index (κ1) is 14.4. The van der Waals surface area contributed by atoms with Gasteiger partial charge in [0.1, 0.15) is 11.5 Å². The molecule has 0 aliphatic carbocycles. The van der Waals surface area contributed by atoms with Crippen molar-refractivity contribution in [3.8, 4) is 11.5 Å². The van der Waals surface area contributed by atoms with Crippen LogP contribution in [0.3, 0.4) is 0 Å². The molecule has 1 aromatic carbocycles. The van der Waals surface area contributed by atoms with Crippen LogP contribution in [0.2, 0.25) is 0 Å². The van der Waals surface area contributed by atoms with Crippen molar-refractivity contribution in [2.45, 2.75) is 12.5 Å². The Morgan fingerprint density at radius 3 is 2.58 bits per heavy atom. The number of aliphatic hydroxyl groups excluding tert-OH is 1. The van der Waals surface area contributed by atoms with Gasteiger partial charge < -0.3 is 14.6 Å². The summed E-state index contributed by atoms with van der Waals surface area (Å²) in [6.45, 7) is 0. The van der Waals surface area contributed by atoms with Gasteiger partial charge in [0.05, 0.1) is 20.3 Å². The van der Waals surface area contributed by atoms with Crippen molar-refractivity contribution < 1.29 is 14.6 Å². The maximum atomic E-state index is 10.3. The van der Waals surface area contributed by atoms with Gasteiger partial charge in [-0.1, -0.05) is 15.9 Å². The molecule has 2 rings (SSSR count). The fraction of sp³-hybridized carbons (Fsp3) is 0.286. The summed E-state index contributed by atoms with van der Waals surface area (Å²) < 4.78 is 11.3. The van der Waals surface area contributed by atoms with Crippen LogP contribution in [0.1, 0.15) is 16.5 Å². The molecule has 0 aliphatic heterocycles. The fourth-order valence-corrected chi connectivity index (χ4v) is 3.01. The molecule has 0 amide bonds. The Balaban J connectivity index is 2.15. The maximum absolute atomic E-state index is 10.3. The molecule has 1 N–H and O–H groups in total. The van der Waals surface area contributed by atoms with E-state index in [1.807, 2.05) is 29.6 Å². The molecule has 102 valence electrons. The number of halogens is 1. The quantitative estimate of drug-likeness (QED) is 0.897. The molecule has 0 radical (unpaired) electrons. The number of aliphatic hydroxyl groups is 1. The van der Waals surface area contributed by atoms with Gasteiger partial charge in [0.25, 0.3) is 0 Å². The van der Waals surface area contributed by atoms with Crippen molar-refractivity contribution in [1.29, 1.82) is 0 Å². The van der Waals surface area contributed by atoms with Gasteiger partial charge in [-0.25, -0.2) is 0 Å². The van der Waals surface area contributed by atoms with Gasteiger partial charge in [-0.05, 0) is 29.8 Å². The molecule has 0 spiro atoms. The molecule has 19 heavy (non-hydrogen) atoms. The van der Waals surface area contributed by atoms with Crippen molar-refractivity contribution in [2.75, 3.05) is 14.2 Å². The standard InChI is InChI=1S/C14H15BrO3S/c1-17-10-3-4-12(15)9(5-10)6-13(16)14-7-11(18-2)8-19-14/h3-5,7-8,13,16H,6H2,1-2H3. The van der Waals surface area contributed by atoms with Gasteiger partial charge in [-0.15, -0.1) is 11.3 Å². The van der Waals surface area contributed by atoms with Crippen molar-refractivity contribution in [1.82, 2.24) is 0 Å². The normalized spacial score (nSPS) is 12.2. The first-order valence-corrected chi connectivity index (χ1v) is 7.44. The molecule has 0 fully saturated rings. The van der Waals surface area contributed by atoms with Gasteiger partial charge in [0.15, 0.2) is 0 Å². The summed E-state index contributed by atoms with van der Waals surface area (Å²) >= 11 is 4.99. The smallest absolute Gasteiger partial charge is 0.129 e. The topological polar surface area (TPSA) is 38.7 Å². The van der Waals surface area contributed by atoms with Gasteiger partial charge in [-0.2, -0.15) is 0 Å². The highest BCUT2D eigenvalue weighted by Crippen LogP contribution is 2.31. The molecule has 1 heterocycles. The van der Waals surface area contributed by atoms with E-state index >= 15 is 0 Å². The lowest BCUT2D eigenvalue weighted by Crippen LogP contribution is -2.00. The first-order chi connectivity index (χ1) is 9.13. The Bertz CT molecular complexity index is 553. The lowest BCUT2D eigenvalue weighted by molar-refractivity contribution is 0.182. The number of thiophene rings is 1. The van der Waals surface area contributed by atoms with E-state index in [-0.39, 0.29) is 0 Å². The number of ether oxygens (including phenoxy) is 2. The second kappa shape index (κ2) is 6.41. The Morgan fingerprint density at radius 1 is 1.21 bits per heavy atom. The third-order valence-electron chi connectivity index (χ3n) is 2.83. The molecule has 2 aromatic rings. The van der Waals surface area contributed by atoms with E-state index in [2.05, 4.69) is 15.9 Å². The van der Waals surface area contributed by atoms with Crippen LogP contribution in [-0.4, -0.2) is 19.3 Å². The van der Waals surface area contributed by atoms with Crippen molar-refractivity contribution in [2.24, 2.45) is 0 Å². The van der Waals surface area contributed by atoms with E-state index in [4.69, 9.17) is 9.47 Å². The van der Waals surface area contributed by atoms with Crippen LogP contribution in [-0.2, 0) is 6.42 Å². The summed E-state index contributed by atoms with van der Waals surface area (Å²) in [4.78, 5) is 0.895. The Labute approximate surface area is 124 Å². The van der Waals surface area contributed by atoms with Gasteiger partial charge in [-0.3, -0.25) is 0 Å². The lowest BCUT2D eigenvalue weighted by Gasteiger charge is -2.11. The summed E-state index contributed by atoms with van der Waals surface area (Å²) in [5, 5.41) is 12.2. The summed E-state index contributed by atoms with van der Waals surface area (Å²) in [6, 6.07) is 7.60. The largest absolute Gasteiger partial charge is 0.497 e. The third kappa shape index (κ3) is 3.49. The second-order valence-electron chi connectivity index (χ2n) is 4.07. The zero-order valence-corrected chi connectivity index (χ0v) is 13.1. The number of methoxy groups -OCH3 is 2. The van der Waals surface area contributed by atoms with E-state index < -0.39 is 6.10 Å². The predicted molar refractivity (Wildman–Crippen MR) is 80.2 cm³/mol. The van der Waals surface area contributed by atoms with Gasteiger partial charge >= 0.3 is 0 Å². The molecule has 5 heteroatoms. The third-order valence-corrected chi connectivity index (χ3v) is 4.61. The zero-order chi connectivity index (χ0) is 13.8. The molecular weight excluding hydrogens is 328 g/mol. The molecule has 0 saturated heterocycles. The zero-order valence-electron chi connectivity index (χ0n) is 10.7. The highest BCUT2D eigenvalue weighted by atomic mass is 79.9. The summed E-state index contributed by atoms with van der Waals surface area (Å²) in [7, 11) is 3.25. The van der Waals surface area contributed by atoms with Gasteiger partial charge in [0.2, 0.25) is 0 Å². The summed E-state index contributed by atoms with van der Waals surface area (Å²) in [6.07, 6.45) is -0.0149. The van der Waals surface area contributed by atoms with Crippen LogP contribution in [0, 0.1) is 0 Å². The SMILES string of the molecule is COc1csc(C(O)Cc2cc(OC)ccc2Br)c1. The second-order valence-corrected chi connectivity index (χ2v) is 5.86. The molecule has 1 atom stereocenters. The number of benzene rings is 1. The van der Waals surface area contributed by atoms with Crippen LogP contribution >= 0.6 is 27.3 Å². The van der Waals surface area contributed by atoms with E-state index in [9.17, 15) is 5.11 Å². The summed E-state index contributed by atoms with van der Waals surface area (Å²) in [5.74, 6) is 1.57. The van der Waals surface area contributed by atoms with Crippen LogP contribution in [0.4, 0.5) is 0 Å². The number of rotatable bonds is 5. The molecule has 0 bridgehead atoms. The van der Waals surface area contributed by atoms with Crippen molar-refractivity contribution in [3.05, 3.63) is 44.6 Å². The Kier molecular flexibility index (Phi) is 4.85. The van der Waals surface area contributed by atoms with Gasteiger partial charge in [0, 0.05) is 21.2 Å². The van der Waals surface area contributed by atoms with Crippen molar-refractivity contribution >= 4 is 27.3 Å². The van der Waals surface area contributed by atoms with Crippen LogP contribution < -0.4 is 9.47 Å². The highest BCUT2D eigenvalue weighted by Gasteiger charge is 2.14. The Morgan fingerprint density at radius 2 is 1.95 bits per heavy atom. The minimum absolute atomic E-state index is 0.529. The van der Waals surface area contributed by atoms with Crippen LogP contribution in [0.5, 0.6) is 11.5 Å². The lowest BCUT2D eigenvalue weighted by atomic mass is 10.1. The highest BCUT2D eigenvalue weighted by molar-refractivity contribution is 9.10. The minimum Gasteiger partial charge on any atom is -0.497 e. The molecule has 3 nitrogen and oxygen atoms in total. The number of hydrogen-bond acceptors (Lipinski definition) is 4. The van der Waals surface area contributed by atoms with Crippen molar-refractivity contribution in [3.63, 3.8) is 0 Å². The van der Waals surface area contributed by atoms with Crippen LogP contribution in [0.25, 0.3) is 0 Å². The van der Waals surface area contributed by atoms with E-state index in [1.165, 1.54) is 11.3 Å². The van der Waals surface area contributed by atoms with E-state index in [0.29, 0.717) is 6.42 Å². The average Bonchev–Trinajstić information content (AvgIpc) is 2.90. The predicted octanol–water partition coefficient (Wildman–Crippen LogP) is 3.80. The minimum atomic E-state index is -0.544. The molecule has 1 aromatic heterocycles. The molecule has 0 saturated carbocycles. The monoisotopic (exact) mass is 342 g/mol. The number of hydrogen-bond donors (Lipinski definition) is 1. The van der Waals surface area contributed by atoms with Crippen LogP contribution in [0.15, 0.2) is 34.1 Å². The summed E-state index contributed by atoms with van der Waals surface area (Å²) in [5.41, 5.74) is 1.01. The fourth-order valence-electron chi connectivity index (χ4n) is 1.76. The maximum Gasteiger partial charge on any atom is 0.129 e. The first-order valence-electron chi connectivity index (χ1n) is 5.77.